The summed E-state index contributed by atoms with van der Waals surface area (Å²) in [6, 6.07) is 4.78. The molecular formula is C14H21FN2O. The van der Waals surface area contributed by atoms with Gasteiger partial charge in [-0.15, -0.1) is 0 Å². The Morgan fingerprint density at radius 3 is 2.44 bits per heavy atom. The van der Waals surface area contributed by atoms with Gasteiger partial charge in [0.1, 0.15) is 5.82 Å². The number of benzene rings is 1. The van der Waals surface area contributed by atoms with Crippen molar-refractivity contribution in [3.05, 3.63) is 35.1 Å². The zero-order chi connectivity index (χ0) is 13.9. The van der Waals surface area contributed by atoms with E-state index in [0.29, 0.717) is 5.56 Å². The lowest BCUT2D eigenvalue weighted by Gasteiger charge is -2.22. The maximum atomic E-state index is 13.5. The highest BCUT2D eigenvalue weighted by Gasteiger charge is 2.17. The summed E-state index contributed by atoms with van der Waals surface area (Å²) < 4.78 is 13.5. The Labute approximate surface area is 108 Å². The van der Waals surface area contributed by atoms with Crippen LogP contribution in [0.3, 0.4) is 0 Å². The van der Waals surface area contributed by atoms with E-state index in [1.54, 1.807) is 32.0 Å². The number of nitrogens with zero attached hydrogens (tertiary/aromatic N) is 1. The van der Waals surface area contributed by atoms with Gasteiger partial charge in [0, 0.05) is 20.1 Å². The minimum Gasteiger partial charge on any atom is -0.347 e. The van der Waals surface area contributed by atoms with Crippen LogP contribution in [-0.4, -0.2) is 30.9 Å². The van der Waals surface area contributed by atoms with Crippen LogP contribution in [0, 0.1) is 12.7 Å². The molecule has 0 radical (unpaired) electrons. The Morgan fingerprint density at radius 2 is 1.94 bits per heavy atom. The quantitative estimate of drug-likeness (QED) is 0.891. The molecule has 3 nitrogen and oxygen atoms in total. The molecule has 1 N–H and O–H groups in total. The molecule has 1 aromatic rings. The van der Waals surface area contributed by atoms with E-state index < -0.39 is 0 Å². The maximum Gasteiger partial charge on any atom is 0.238 e. The Kier molecular flexibility index (Phi) is 4.84. The molecule has 2 unspecified atom stereocenters. The fraction of sp³-hybridized carbons (Fsp3) is 0.500. The third kappa shape index (κ3) is 3.53. The largest absolute Gasteiger partial charge is 0.347 e. The summed E-state index contributed by atoms with van der Waals surface area (Å²) in [5.74, 6) is -0.206. The highest BCUT2D eigenvalue weighted by molar-refractivity contribution is 5.80. The van der Waals surface area contributed by atoms with E-state index in [2.05, 4.69) is 5.32 Å². The minimum absolute atomic E-state index is 0.00873. The molecule has 18 heavy (non-hydrogen) atoms. The van der Waals surface area contributed by atoms with Crippen LogP contribution in [0.15, 0.2) is 18.2 Å². The normalized spacial score (nSPS) is 14.1. The van der Waals surface area contributed by atoms with Gasteiger partial charge in [-0.05, 0) is 38.0 Å². The lowest BCUT2D eigenvalue weighted by Crippen LogP contribution is -2.42. The molecule has 0 aromatic heterocycles. The van der Waals surface area contributed by atoms with Crippen LogP contribution in [0.1, 0.15) is 31.0 Å². The number of amides is 1. The molecule has 100 valence electrons. The lowest BCUT2D eigenvalue weighted by molar-refractivity contribution is -0.130. The number of carbonyl (C=O) groups excluding carboxylic acids is 1. The van der Waals surface area contributed by atoms with Gasteiger partial charge in [-0.2, -0.15) is 0 Å². The van der Waals surface area contributed by atoms with Crippen LogP contribution in [0.4, 0.5) is 4.39 Å². The van der Waals surface area contributed by atoms with Crippen molar-refractivity contribution in [2.75, 3.05) is 14.1 Å². The second-order valence-electron chi connectivity index (χ2n) is 4.85. The molecule has 0 spiro atoms. The van der Waals surface area contributed by atoms with Gasteiger partial charge in [-0.1, -0.05) is 12.1 Å². The predicted molar refractivity (Wildman–Crippen MR) is 70.8 cm³/mol. The third-order valence-corrected chi connectivity index (χ3v) is 3.01. The van der Waals surface area contributed by atoms with Crippen LogP contribution in [0.2, 0.25) is 0 Å². The summed E-state index contributed by atoms with van der Waals surface area (Å²) in [5, 5.41) is 3.17. The van der Waals surface area contributed by atoms with Crippen LogP contribution in [0.5, 0.6) is 0 Å². The molecule has 1 amide bonds. The van der Waals surface area contributed by atoms with Crippen LogP contribution < -0.4 is 5.32 Å². The van der Waals surface area contributed by atoms with E-state index >= 15 is 0 Å². The van der Waals surface area contributed by atoms with Crippen molar-refractivity contribution in [2.45, 2.75) is 32.9 Å². The second kappa shape index (κ2) is 5.96. The standard InChI is InChI=1S/C14H21FN2O/c1-9-6-7-12(8-13(9)15)10(2)16-11(3)14(18)17(4)5/h6-8,10-11,16H,1-5H3. The lowest BCUT2D eigenvalue weighted by atomic mass is 10.1. The molecule has 0 fully saturated rings. The Hall–Kier alpha value is -1.42. The molecule has 0 saturated heterocycles. The first-order chi connectivity index (χ1) is 8.32. The molecule has 1 rings (SSSR count). The molecular weight excluding hydrogens is 231 g/mol. The monoisotopic (exact) mass is 252 g/mol. The van der Waals surface area contributed by atoms with E-state index in [9.17, 15) is 9.18 Å². The number of aryl methyl sites for hydroxylation is 1. The van der Waals surface area contributed by atoms with E-state index in [1.807, 2.05) is 19.9 Å². The van der Waals surface area contributed by atoms with Gasteiger partial charge in [0.25, 0.3) is 0 Å². The first kappa shape index (κ1) is 14.6. The van der Waals surface area contributed by atoms with Gasteiger partial charge >= 0.3 is 0 Å². The van der Waals surface area contributed by atoms with Crippen LogP contribution in [-0.2, 0) is 4.79 Å². The van der Waals surface area contributed by atoms with Gasteiger partial charge < -0.3 is 4.90 Å². The summed E-state index contributed by atoms with van der Waals surface area (Å²) in [6.45, 7) is 5.46. The van der Waals surface area contributed by atoms with Crippen LogP contribution >= 0.6 is 0 Å². The second-order valence-corrected chi connectivity index (χ2v) is 4.85. The zero-order valence-electron chi connectivity index (χ0n) is 11.6. The fourth-order valence-corrected chi connectivity index (χ4v) is 1.81. The van der Waals surface area contributed by atoms with E-state index in [0.717, 1.165) is 5.56 Å². The maximum absolute atomic E-state index is 13.5. The number of halogens is 1. The smallest absolute Gasteiger partial charge is 0.238 e. The topological polar surface area (TPSA) is 32.3 Å². The van der Waals surface area contributed by atoms with Crippen molar-refractivity contribution < 1.29 is 9.18 Å². The average molecular weight is 252 g/mol. The van der Waals surface area contributed by atoms with E-state index in [-0.39, 0.29) is 23.8 Å². The first-order valence-electron chi connectivity index (χ1n) is 6.06. The van der Waals surface area contributed by atoms with Crippen molar-refractivity contribution in [1.29, 1.82) is 0 Å². The number of rotatable bonds is 4. The van der Waals surface area contributed by atoms with E-state index in [4.69, 9.17) is 0 Å². The third-order valence-electron chi connectivity index (χ3n) is 3.01. The number of likely N-dealkylation sites (N-methyl/N-ethyl adjacent to an activating group) is 1. The number of hydrogen-bond acceptors (Lipinski definition) is 2. The fourth-order valence-electron chi connectivity index (χ4n) is 1.81. The molecule has 2 atom stereocenters. The summed E-state index contributed by atoms with van der Waals surface area (Å²) in [5.41, 5.74) is 1.47. The first-order valence-corrected chi connectivity index (χ1v) is 6.06. The summed E-state index contributed by atoms with van der Waals surface area (Å²) in [7, 11) is 3.44. The van der Waals surface area contributed by atoms with Crippen LogP contribution in [0.25, 0.3) is 0 Å². The van der Waals surface area contributed by atoms with Crippen molar-refractivity contribution in [3.8, 4) is 0 Å². The number of nitrogens with one attached hydrogen (secondary N) is 1. The molecule has 0 bridgehead atoms. The summed E-state index contributed by atoms with van der Waals surface area (Å²) in [6.07, 6.45) is 0. The minimum atomic E-state index is -0.292. The molecule has 0 saturated carbocycles. The van der Waals surface area contributed by atoms with Crippen molar-refractivity contribution >= 4 is 5.91 Å². The molecule has 0 heterocycles. The molecule has 0 aliphatic rings. The molecule has 1 aromatic carbocycles. The van der Waals surface area contributed by atoms with Crippen molar-refractivity contribution in [3.63, 3.8) is 0 Å². The van der Waals surface area contributed by atoms with Gasteiger partial charge in [0.05, 0.1) is 6.04 Å². The Balaban J connectivity index is 2.73. The Bertz CT molecular complexity index is 432. The zero-order valence-corrected chi connectivity index (χ0v) is 11.6. The Morgan fingerprint density at radius 1 is 1.33 bits per heavy atom. The predicted octanol–water partition coefficient (Wildman–Crippen LogP) is 2.26. The van der Waals surface area contributed by atoms with Gasteiger partial charge in [-0.25, -0.2) is 4.39 Å². The van der Waals surface area contributed by atoms with Gasteiger partial charge in [-0.3, -0.25) is 10.1 Å². The summed E-state index contributed by atoms with van der Waals surface area (Å²) in [4.78, 5) is 13.3. The van der Waals surface area contributed by atoms with E-state index in [1.165, 1.54) is 6.07 Å². The SMILES string of the molecule is Cc1ccc(C(C)NC(C)C(=O)N(C)C)cc1F. The number of carbonyl (C=O) groups is 1. The highest BCUT2D eigenvalue weighted by Crippen LogP contribution is 2.16. The average Bonchev–Trinajstić information content (AvgIpc) is 2.31. The van der Waals surface area contributed by atoms with Crippen molar-refractivity contribution in [1.82, 2.24) is 10.2 Å². The summed E-state index contributed by atoms with van der Waals surface area (Å²) >= 11 is 0. The van der Waals surface area contributed by atoms with Gasteiger partial charge in [0.15, 0.2) is 0 Å². The molecule has 0 aliphatic carbocycles. The van der Waals surface area contributed by atoms with Crippen molar-refractivity contribution in [2.24, 2.45) is 0 Å². The van der Waals surface area contributed by atoms with Gasteiger partial charge in [0.2, 0.25) is 5.91 Å². The number of hydrogen-bond donors (Lipinski definition) is 1. The molecule has 0 aliphatic heterocycles. The molecule has 4 heteroatoms. The highest BCUT2D eigenvalue weighted by atomic mass is 19.1.